The molecule has 6 heteroatoms. The van der Waals surface area contributed by atoms with Crippen molar-refractivity contribution in [2.45, 2.75) is 6.23 Å². The number of fused-ring (bicyclic) bond motifs is 1. The second kappa shape index (κ2) is 4.55. The van der Waals surface area contributed by atoms with Crippen molar-refractivity contribution in [3.05, 3.63) is 12.1 Å². The maximum atomic E-state index is 5.91. The van der Waals surface area contributed by atoms with E-state index in [0.717, 1.165) is 37.6 Å². The molecule has 5 N–H and O–H groups in total. The van der Waals surface area contributed by atoms with Gasteiger partial charge in [0.25, 0.3) is 0 Å². The Morgan fingerprint density at radius 1 is 1.22 bits per heavy atom. The van der Waals surface area contributed by atoms with Crippen molar-refractivity contribution in [1.29, 1.82) is 0 Å². The largest absolute Gasteiger partial charge is 0.482 e. The molecule has 1 unspecified atom stereocenters. The van der Waals surface area contributed by atoms with Crippen molar-refractivity contribution >= 4 is 11.4 Å². The molecule has 3 rings (SSSR count). The lowest BCUT2D eigenvalue weighted by Crippen LogP contribution is -2.44. The summed E-state index contributed by atoms with van der Waals surface area (Å²) in [6.45, 7) is 4.20. The molecule has 1 aromatic carbocycles. The molecule has 0 spiro atoms. The standard InChI is InChI=1S/C12H18N4O2/c13-8-1-2-9(16-5-3-15-4-6-16)12-11(8)18-10(14)7-17-12/h1-2,10,15H,3-7,13-14H2. The second-order valence-electron chi connectivity index (χ2n) is 4.54. The van der Waals surface area contributed by atoms with Gasteiger partial charge in [0.05, 0.1) is 11.4 Å². The minimum atomic E-state index is -0.446. The monoisotopic (exact) mass is 250 g/mol. The van der Waals surface area contributed by atoms with E-state index < -0.39 is 6.23 Å². The number of nitrogen functional groups attached to an aromatic ring is 1. The van der Waals surface area contributed by atoms with E-state index in [-0.39, 0.29) is 0 Å². The third-order valence-corrected chi connectivity index (χ3v) is 3.24. The molecule has 1 atom stereocenters. The molecule has 0 aromatic heterocycles. The van der Waals surface area contributed by atoms with Gasteiger partial charge in [-0.15, -0.1) is 0 Å². The zero-order valence-corrected chi connectivity index (χ0v) is 10.2. The van der Waals surface area contributed by atoms with E-state index in [4.69, 9.17) is 20.9 Å². The number of rotatable bonds is 1. The number of hydrogen-bond acceptors (Lipinski definition) is 6. The maximum absolute atomic E-state index is 5.91. The molecule has 18 heavy (non-hydrogen) atoms. The van der Waals surface area contributed by atoms with Gasteiger partial charge in [-0.1, -0.05) is 0 Å². The highest BCUT2D eigenvalue weighted by atomic mass is 16.6. The first kappa shape index (κ1) is 11.4. The highest BCUT2D eigenvalue weighted by Gasteiger charge is 2.26. The Balaban J connectivity index is 1.97. The molecule has 2 heterocycles. The molecule has 0 saturated carbocycles. The Kier molecular flexibility index (Phi) is 2.89. The van der Waals surface area contributed by atoms with Crippen molar-refractivity contribution in [3.8, 4) is 11.5 Å². The van der Waals surface area contributed by atoms with Gasteiger partial charge in [0.15, 0.2) is 17.7 Å². The molecule has 1 fully saturated rings. The fourth-order valence-corrected chi connectivity index (χ4v) is 2.33. The number of nitrogens with two attached hydrogens (primary N) is 2. The molecular formula is C12H18N4O2. The molecular weight excluding hydrogens is 232 g/mol. The second-order valence-corrected chi connectivity index (χ2v) is 4.54. The lowest BCUT2D eigenvalue weighted by Gasteiger charge is -2.33. The number of nitrogens with one attached hydrogen (secondary N) is 1. The molecule has 6 nitrogen and oxygen atoms in total. The molecule has 98 valence electrons. The lowest BCUT2D eigenvalue weighted by atomic mass is 10.2. The van der Waals surface area contributed by atoms with E-state index in [0.29, 0.717) is 18.0 Å². The lowest BCUT2D eigenvalue weighted by molar-refractivity contribution is 0.0971. The van der Waals surface area contributed by atoms with Gasteiger partial charge in [-0.25, -0.2) is 0 Å². The topological polar surface area (TPSA) is 85.8 Å². The summed E-state index contributed by atoms with van der Waals surface area (Å²) < 4.78 is 11.3. The number of nitrogens with zero attached hydrogens (tertiary/aromatic N) is 1. The van der Waals surface area contributed by atoms with E-state index in [2.05, 4.69) is 10.2 Å². The van der Waals surface area contributed by atoms with Crippen molar-refractivity contribution in [3.63, 3.8) is 0 Å². The highest BCUT2D eigenvalue weighted by molar-refractivity contribution is 5.74. The first-order chi connectivity index (χ1) is 8.75. The van der Waals surface area contributed by atoms with Crippen molar-refractivity contribution < 1.29 is 9.47 Å². The zero-order valence-electron chi connectivity index (χ0n) is 10.2. The average Bonchev–Trinajstić information content (AvgIpc) is 2.41. The van der Waals surface area contributed by atoms with Crippen molar-refractivity contribution in [2.24, 2.45) is 5.73 Å². The number of ether oxygens (including phenoxy) is 2. The SMILES string of the molecule is Nc1ccc(N2CCNCC2)c2c1OC(N)CO2. The van der Waals surface area contributed by atoms with Crippen LogP contribution in [-0.4, -0.2) is 39.0 Å². The van der Waals surface area contributed by atoms with Crippen LogP contribution in [-0.2, 0) is 0 Å². The Labute approximate surface area is 106 Å². The smallest absolute Gasteiger partial charge is 0.188 e. The quantitative estimate of drug-likeness (QED) is 0.595. The van der Waals surface area contributed by atoms with Gasteiger partial charge in [-0.3, -0.25) is 5.73 Å². The number of piperazine rings is 1. The summed E-state index contributed by atoms with van der Waals surface area (Å²) in [5.74, 6) is 1.29. The van der Waals surface area contributed by atoms with Crippen LogP contribution in [0.4, 0.5) is 11.4 Å². The molecule has 0 radical (unpaired) electrons. The molecule has 1 saturated heterocycles. The normalized spacial score (nSPS) is 22.9. The molecule has 0 amide bonds. The molecule has 1 aromatic rings. The van der Waals surface area contributed by atoms with Crippen LogP contribution >= 0.6 is 0 Å². The van der Waals surface area contributed by atoms with Crippen LogP contribution in [0.2, 0.25) is 0 Å². The van der Waals surface area contributed by atoms with Crippen molar-refractivity contribution in [1.82, 2.24) is 5.32 Å². The van der Waals surface area contributed by atoms with E-state index in [9.17, 15) is 0 Å². The fraction of sp³-hybridized carbons (Fsp3) is 0.500. The van der Waals surface area contributed by atoms with Gasteiger partial charge < -0.3 is 25.4 Å². The zero-order chi connectivity index (χ0) is 12.5. The Morgan fingerprint density at radius 2 is 2.00 bits per heavy atom. The Morgan fingerprint density at radius 3 is 2.78 bits per heavy atom. The van der Waals surface area contributed by atoms with Gasteiger partial charge in [0, 0.05) is 26.2 Å². The molecule has 2 aliphatic heterocycles. The Bertz CT molecular complexity index is 446. The van der Waals surface area contributed by atoms with E-state index >= 15 is 0 Å². The number of anilines is 2. The molecule has 0 bridgehead atoms. The number of hydrogen-bond donors (Lipinski definition) is 3. The Hall–Kier alpha value is -1.66. The van der Waals surface area contributed by atoms with Crippen LogP contribution in [0.3, 0.4) is 0 Å². The predicted octanol–water partition coefficient (Wildman–Crippen LogP) is -0.266. The van der Waals surface area contributed by atoms with Gasteiger partial charge in [-0.2, -0.15) is 0 Å². The van der Waals surface area contributed by atoms with Crippen LogP contribution in [0, 0.1) is 0 Å². The van der Waals surface area contributed by atoms with Crippen LogP contribution in [0.1, 0.15) is 0 Å². The third kappa shape index (κ3) is 1.93. The van der Waals surface area contributed by atoms with E-state index in [1.54, 1.807) is 0 Å². The van der Waals surface area contributed by atoms with Crippen LogP contribution in [0.25, 0.3) is 0 Å². The summed E-state index contributed by atoms with van der Waals surface area (Å²) in [7, 11) is 0. The third-order valence-electron chi connectivity index (χ3n) is 3.24. The first-order valence-corrected chi connectivity index (χ1v) is 6.19. The highest BCUT2D eigenvalue weighted by Crippen LogP contribution is 2.44. The average molecular weight is 250 g/mol. The van der Waals surface area contributed by atoms with Gasteiger partial charge in [0.2, 0.25) is 0 Å². The summed E-state index contributed by atoms with van der Waals surface area (Å²) in [5.41, 5.74) is 13.2. The summed E-state index contributed by atoms with van der Waals surface area (Å²) in [4.78, 5) is 2.27. The van der Waals surface area contributed by atoms with Gasteiger partial charge in [-0.05, 0) is 12.1 Å². The van der Waals surface area contributed by atoms with Crippen LogP contribution in [0.15, 0.2) is 12.1 Å². The van der Waals surface area contributed by atoms with Crippen molar-refractivity contribution in [2.75, 3.05) is 43.4 Å². The molecule has 0 aliphatic carbocycles. The van der Waals surface area contributed by atoms with Gasteiger partial charge in [0.1, 0.15) is 6.61 Å². The predicted molar refractivity (Wildman–Crippen MR) is 70.0 cm³/mol. The molecule has 2 aliphatic rings. The first-order valence-electron chi connectivity index (χ1n) is 6.19. The van der Waals surface area contributed by atoms with Crippen LogP contribution < -0.4 is 31.2 Å². The van der Waals surface area contributed by atoms with Crippen LogP contribution in [0.5, 0.6) is 11.5 Å². The summed E-state index contributed by atoms with van der Waals surface area (Å²) in [6.07, 6.45) is -0.446. The van der Waals surface area contributed by atoms with E-state index in [1.165, 1.54) is 0 Å². The minimum Gasteiger partial charge on any atom is -0.482 e. The summed E-state index contributed by atoms with van der Waals surface area (Å²) in [5, 5.41) is 3.32. The van der Waals surface area contributed by atoms with Gasteiger partial charge >= 0.3 is 0 Å². The summed E-state index contributed by atoms with van der Waals surface area (Å²) in [6, 6.07) is 3.83. The van der Waals surface area contributed by atoms with E-state index in [1.807, 2.05) is 12.1 Å². The number of benzene rings is 1. The maximum Gasteiger partial charge on any atom is 0.188 e. The minimum absolute atomic E-state index is 0.357. The summed E-state index contributed by atoms with van der Waals surface area (Å²) >= 11 is 0. The fourth-order valence-electron chi connectivity index (χ4n) is 2.33.